The first kappa shape index (κ1) is 22.9. The van der Waals surface area contributed by atoms with Crippen molar-refractivity contribution in [3.8, 4) is 33.6 Å². The van der Waals surface area contributed by atoms with E-state index < -0.39 is 12.1 Å². The van der Waals surface area contributed by atoms with E-state index in [1.165, 1.54) is 29.5 Å². The van der Waals surface area contributed by atoms with Gasteiger partial charge in [0.1, 0.15) is 24.1 Å². The van der Waals surface area contributed by atoms with Gasteiger partial charge in [0, 0.05) is 11.1 Å². The zero-order valence-corrected chi connectivity index (χ0v) is 18.8. The lowest BCUT2D eigenvalue weighted by atomic mass is 10.00. The molecular weight excluding hydrogens is 451 g/mol. The Morgan fingerprint density at radius 3 is 2.56 bits per heavy atom. The zero-order valence-electron chi connectivity index (χ0n) is 18.0. The molecule has 168 valence electrons. The Kier molecular flexibility index (Phi) is 7.11. The Balaban J connectivity index is 1.86. The summed E-state index contributed by atoms with van der Waals surface area (Å²) in [6.45, 7) is 3.58. The van der Waals surface area contributed by atoms with Gasteiger partial charge in [-0.15, -0.1) is 11.3 Å². The van der Waals surface area contributed by atoms with E-state index in [2.05, 4.69) is 17.6 Å². The van der Waals surface area contributed by atoms with Crippen molar-refractivity contribution >= 4 is 17.3 Å². The number of nitrogens with zero attached hydrogens (tertiary/aromatic N) is 2. The number of halogens is 1. The SMILES string of the molecule is C=CCOC(=O)C(Oc1nc(-c2cccs2)cc(-c2ccc(F)cc2)c1C#N)c1ccccc1. The van der Waals surface area contributed by atoms with E-state index in [-0.39, 0.29) is 23.9 Å². The van der Waals surface area contributed by atoms with Gasteiger partial charge in [-0.25, -0.2) is 14.2 Å². The summed E-state index contributed by atoms with van der Waals surface area (Å²) in [6.07, 6.45) is 0.309. The van der Waals surface area contributed by atoms with E-state index in [9.17, 15) is 14.4 Å². The Morgan fingerprint density at radius 1 is 1.15 bits per heavy atom. The number of aromatic nitrogens is 1. The van der Waals surface area contributed by atoms with Gasteiger partial charge in [-0.05, 0) is 35.2 Å². The number of benzene rings is 2. The van der Waals surface area contributed by atoms with Gasteiger partial charge in [-0.3, -0.25) is 0 Å². The van der Waals surface area contributed by atoms with Crippen molar-refractivity contribution < 1.29 is 18.7 Å². The third kappa shape index (κ3) is 5.03. The molecule has 0 spiro atoms. The highest BCUT2D eigenvalue weighted by molar-refractivity contribution is 7.13. The zero-order chi connectivity index (χ0) is 23.9. The Hall–Kier alpha value is -4.28. The van der Waals surface area contributed by atoms with Crippen LogP contribution >= 0.6 is 11.3 Å². The van der Waals surface area contributed by atoms with E-state index in [0.717, 1.165) is 4.88 Å². The fourth-order valence-corrected chi connectivity index (χ4v) is 4.02. The second-order valence-electron chi connectivity index (χ2n) is 7.16. The van der Waals surface area contributed by atoms with Gasteiger partial charge in [0.05, 0.1) is 10.6 Å². The van der Waals surface area contributed by atoms with Crippen LogP contribution < -0.4 is 4.74 Å². The predicted molar refractivity (Wildman–Crippen MR) is 129 cm³/mol. The molecule has 7 heteroatoms. The number of ether oxygens (including phenoxy) is 2. The van der Waals surface area contributed by atoms with Crippen molar-refractivity contribution in [2.75, 3.05) is 6.61 Å². The summed E-state index contributed by atoms with van der Waals surface area (Å²) in [5.74, 6) is -1.04. The molecule has 0 aliphatic carbocycles. The predicted octanol–water partition coefficient (Wildman–Crippen LogP) is 6.34. The second-order valence-corrected chi connectivity index (χ2v) is 8.11. The molecule has 0 aliphatic heterocycles. The van der Waals surface area contributed by atoms with Crippen LogP contribution in [0.4, 0.5) is 4.39 Å². The molecule has 0 fully saturated rings. The Morgan fingerprint density at radius 2 is 1.91 bits per heavy atom. The molecule has 5 nitrogen and oxygen atoms in total. The molecule has 0 N–H and O–H groups in total. The molecule has 0 aliphatic rings. The number of carbonyl (C=O) groups is 1. The molecule has 0 radical (unpaired) electrons. The molecule has 2 heterocycles. The lowest BCUT2D eigenvalue weighted by Crippen LogP contribution is -2.22. The lowest BCUT2D eigenvalue weighted by molar-refractivity contribution is -0.151. The molecular formula is C27H19FN2O3S. The fraction of sp³-hybridized carbons (Fsp3) is 0.0741. The van der Waals surface area contributed by atoms with E-state index in [1.54, 1.807) is 42.5 Å². The molecule has 2 aromatic heterocycles. The first-order valence-electron chi connectivity index (χ1n) is 10.3. The van der Waals surface area contributed by atoms with E-state index in [4.69, 9.17) is 9.47 Å². The maximum Gasteiger partial charge on any atom is 0.352 e. The molecule has 0 saturated carbocycles. The first-order chi connectivity index (χ1) is 16.6. The molecule has 0 amide bonds. The van der Waals surface area contributed by atoms with Crippen LogP contribution in [0.5, 0.6) is 5.88 Å². The highest BCUT2D eigenvalue weighted by atomic mass is 32.1. The molecule has 4 rings (SSSR count). The van der Waals surface area contributed by atoms with E-state index in [1.807, 2.05) is 23.6 Å². The molecule has 1 unspecified atom stereocenters. The topological polar surface area (TPSA) is 72.2 Å². The number of esters is 1. The summed E-state index contributed by atoms with van der Waals surface area (Å²) in [5, 5.41) is 11.9. The minimum absolute atomic E-state index is 0.0140. The van der Waals surface area contributed by atoms with Gasteiger partial charge in [0.15, 0.2) is 0 Å². The van der Waals surface area contributed by atoms with Gasteiger partial charge in [-0.2, -0.15) is 5.26 Å². The third-order valence-corrected chi connectivity index (χ3v) is 5.81. The van der Waals surface area contributed by atoms with Crippen molar-refractivity contribution in [3.05, 3.63) is 108 Å². The summed E-state index contributed by atoms with van der Waals surface area (Å²) in [6, 6.07) is 22.3. The maximum absolute atomic E-state index is 13.6. The largest absolute Gasteiger partial charge is 0.458 e. The molecule has 34 heavy (non-hydrogen) atoms. The van der Waals surface area contributed by atoms with Crippen LogP contribution in [-0.2, 0) is 9.53 Å². The highest BCUT2D eigenvalue weighted by Gasteiger charge is 2.27. The molecule has 4 aromatic rings. The lowest BCUT2D eigenvalue weighted by Gasteiger charge is -2.19. The van der Waals surface area contributed by atoms with Crippen molar-refractivity contribution in [3.63, 3.8) is 0 Å². The van der Waals surface area contributed by atoms with Crippen LogP contribution in [-0.4, -0.2) is 17.6 Å². The van der Waals surface area contributed by atoms with Crippen molar-refractivity contribution in [1.82, 2.24) is 4.98 Å². The standard InChI is InChI=1S/C27H19FN2O3S/c1-2-14-32-27(31)25(19-7-4-3-5-8-19)33-26-22(17-29)21(18-10-12-20(28)13-11-18)16-23(30-26)24-9-6-15-34-24/h2-13,15-16,25H,1,14H2. The Bertz CT molecular complexity index is 1330. The van der Waals surface area contributed by atoms with Crippen molar-refractivity contribution in [2.45, 2.75) is 6.10 Å². The summed E-state index contributed by atoms with van der Waals surface area (Å²) in [5.41, 5.74) is 2.38. The van der Waals surface area contributed by atoms with Crippen molar-refractivity contribution in [1.29, 1.82) is 5.26 Å². The summed E-state index contributed by atoms with van der Waals surface area (Å²) in [4.78, 5) is 18.3. The molecule has 2 aromatic carbocycles. The maximum atomic E-state index is 13.6. The van der Waals surface area contributed by atoms with Gasteiger partial charge < -0.3 is 9.47 Å². The molecule has 1 atom stereocenters. The average molecular weight is 471 g/mol. The fourth-order valence-electron chi connectivity index (χ4n) is 3.33. The van der Waals surface area contributed by atoms with Gasteiger partial charge >= 0.3 is 5.97 Å². The van der Waals surface area contributed by atoms with E-state index in [0.29, 0.717) is 22.4 Å². The van der Waals surface area contributed by atoms with Crippen LogP contribution in [0, 0.1) is 17.1 Å². The highest BCUT2D eigenvalue weighted by Crippen LogP contribution is 2.36. The van der Waals surface area contributed by atoms with Crippen LogP contribution in [0.3, 0.4) is 0 Å². The third-order valence-electron chi connectivity index (χ3n) is 4.92. The van der Waals surface area contributed by atoms with Crippen molar-refractivity contribution in [2.24, 2.45) is 0 Å². The first-order valence-corrected chi connectivity index (χ1v) is 11.2. The number of hydrogen-bond acceptors (Lipinski definition) is 6. The number of carbonyl (C=O) groups excluding carboxylic acids is 1. The van der Waals surface area contributed by atoms with Gasteiger partial charge in [-0.1, -0.05) is 61.2 Å². The number of nitriles is 1. The summed E-state index contributed by atoms with van der Waals surface area (Å²) < 4.78 is 24.9. The quantitative estimate of drug-likeness (QED) is 0.222. The molecule has 0 saturated heterocycles. The van der Waals surface area contributed by atoms with Gasteiger partial charge in [0.25, 0.3) is 0 Å². The monoisotopic (exact) mass is 470 g/mol. The average Bonchev–Trinajstić information content (AvgIpc) is 3.41. The van der Waals surface area contributed by atoms with Crippen LogP contribution in [0.25, 0.3) is 21.7 Å². The smallest absolute Gasteiger partial charge is 0.352 e. The number of rotatable bonds is 8. The van der Waals surface area contributed by atoms with Crippen LogP contribution in [0.1, 0.15) is 17.2 Å². The van der Waals surface area contributed by atoms with Crippen LogP contribution in [0.15, 0.2) is 90.8 Å². The van der Waals surface area contributed by atoms with Gasteiger partial charge in [0.2, 0.25) is 12.0 Å². The summed E-state index contributed by atoms with van der Waals surface area (Å²) >= 11 is 1.47. The number of hydrogen-bond donors (Lipinski definition) is 0. The minimum Gasteiger partial charge on any atom is -0.458 e. The summed E-state index contributed by atoms with van der Waals surface area (Å²) in [7, 11) is 0. The van der Waals surface area contributed by atoms with E-state index >= 15 is 0 Å². The molecule has 0 bridgehead atoms. The number of pyridine rings is 1. The number of thiophene rings is 1. The minimum atomic E-state index is -1.15. The second kappa shape index (κ2) is 10.6. The normalized spacial score (nSPS) is 11.3. The van der Waals surface area contributed by atoms with Crippen LogP contribution in [0.2, 0.25) is 0 Å². The Labute approximate surface area is 200 Å².